The van der Waals surface area contributed by atoms with Crippen molar-refractivity contribution < 1.29 is 32.6 Å². The Bertz CT molecular complexity index is 555. The van der Waals surface area contributed by atoms with Gasteiger partial charge in [0.15, 0.2) is 6.61 Å². The molecule has 1 atom stereocenters. The van der Waals surface area contributed by atoms with E-state index in [1.165, 1.54) is 6.07 Å². The third kappa shape index (κ3) is 4.61. The SMILES string of the molecule is O=C(NC(C(=O)O)C1CC1)c1ccc(OCC(F)(F)F)nc1. The van der Waals surface area contributed by atoms with Crippen LogP contribution in [0.5, 0.6) is 5.88 Å². The molecule has 2 rings (SSSR count). The molecule has 1 aromatic rings. The summed E-state index contributed by atoms with van der Waals surface area (Å²) >= 11 is 0. The molecule has 2 N–H and O–H groups in total. The number of ether oxygens (including phenoxy) is 1. The number of hydrogen-bond donors (Lipinski definition) is 2. The topological polar surface area (TPSA) is 88.5 Å². The normalized spacial score (nSPS) is 16.0. The maximum atomic E-state index is 12.0. The molecule has 1 fully saturated rings. The number of aromatic nitrogens is 1. The molecule has 1 aromatic heterocycles. The van der Waals surface area contributed by atoms with E-state index in [1.807, 2.05) is 0 Å². The second-order valence-corrected chi connectivity index (χ2v) is 4.92. The number of nitrogens with one attached hydrogen (secondary N) is 1. The van der Waals surface area contributed by atoms with E-state index in [0.29, 0.717) is 0 Å². The van der Waals surface area contributed by atoms with Crippen LogP contribution in [-0.4, -0.2) is 40.8 Å². The first-order valence-corrected chi connectivity index (χ1v) is 6.45. The molecule has 0 spiro atoms. The Balaban J connectivity index is 1.94. The van der Waals surface area contributed by atoms with Gasteiger partial charge in [-0.25, -0.2) is 9.78 Å². The maximum absolute atomic E-state index is 12.0. The quantitative estimate of drug-likeness (QED) is 0.832. The number of carbonyl (C=O) groups is 2. The number of nitrogens with zero attached hydrogens (tertiary/aromatic N) is 1. The molecule has 0 aromatic carbocycles. The second-order valence-electron chi connectivity index (χ2n) is 4.92. The number of carboxylic acid groups (broad SMARTS) is 1. The first-order valence-electron chi connectivity index (χ1n) is 6.45. The zero-order chi connectivity index (χ0) is 16.3. The van der Waals surface area contributed by atoms with Gasteiger partial charge in [0.1, 0.15) is 6.04 Å². The molecule has 120 valence electrons. The average molecular weight is 318 g/mol. The van der Waals surface area contributed by atoms with Gasteiger partial charge in [0.25, 0.3) is 5.91 Å². The smallest absolute Gasteiger partial charge is 0.422 e. The number of pyridine rings is 1. The van der Waals surface area contributed by atoms with Crippen LogP contribution in [0.25, 0.3) is 0 Å². The van der Waals surface area contributed by atoms with Gasteiger partial charge >= 0.3 is 12.1 Å². The Labute approximate surface area is 123 Å². The first-order chi connectivity index (χ1) is 10.3. The number of carbonyl (C=O) groups excluding carboxylic acids is 1. The number of aliphatic carboxylic acids is 1. The molecule has 0 aliphatic heterocycles. The molecule has 0 saturated heterocycles. The monoisotopic (exact) mass is 318 g/mol. The van der Waals surface area contributed by atoms with E-state index in [-0.39, 0.29) is 17.4 Å². The summed E-state index contributed by atoms with van der Waals surface area (Å²) in [5.41, 5.74) is 0.0475. The van der Waals surface area contributed by atoms with E-state index in [9.17, 15) is 22.8 Å². The number of carboxylic acids is 1. The van der Waals surface area contributed by atoms with Gasteiger partial charge in [-0.1, -0.05) is 0 Å². The van der Waals surface area contributed by atoms with Crippen LogP contribution >= 0.6 is 0 Å². The van der Waals surface area contributed by atoms with E-state index in [1.54, 1.807) is 0 Å². The van der Waals surface area contributed by atoms with E-state index < -0.39 is 30.7 Å². The van der Waals surface area contributed by atoms with Crippen LogP contribution in [0.3, 0.4) is 0 Å². The highest BCUT2D eigenvalue weighted by Gasteiger charge is 2.37. The van der Waals surface area contributed by atoms with Crippen molar-refractivity contribution in [2.75, 3.05) is 6.61 Å². The minimum Gasteiger partial charge on any atom is -0.480 e. The largest absolute Gasteiger partial charge is 0.480 e. The van der Waals surface area contributed by atoms with Crippen molar-refractivity contribution in [1.82, 2.24) is 10.3 Å². The predicted molar refractivity (Wildman–Crippen MR) is 67.4 cm³/mol. The summed E-state index contributed by atoms with van der Waals surface area (Å²) in [4.78, 5) is 26.5. The summed E-state index contributed by atoms with van der Waals surface area (Å²) in [6.45, 7) is -1.48. The van der Waals surface area contributed by atoms with Crippen molar-refractivity contribution in [2.24, 2.45) is 5.92 Å². The van der Waals surface area contributed by atoms with Crippen LogP contribution in [0.1, 0.15) is 23.2 Å². The Kier molecular flexibility index (Phi) is 4.53. The number of halogens is 3. The van der Waals surface area contributed by atoms with Gasteiger partial charge in [-0.2, -0.15) is 13.2 Å². The fraction of sp³-hybridized carbons (Fsp3) is 0.462. The zero-order valence-corrected chi connectivity index (χ0v) is 11.3. The van der Waals surface area contributed by atoms with Crippen LogP contribution in [0.15, 0.2) is 18.3 Å². The van der Waals surface area contributed by atoms with Crippen LogP contribution in [0.4, 0.5) is 13.2 Å². The van der Waals surface area contributed by atoms with E-state index in [4.69, 9.17) is 5.11 Å². The van der Waals surface area contributed by atoms with Crippen molar-refractivity contribution in [3.05, 3.63) is 23.9 Å². The Morgan fingerprint density at radius 1 is 1.41 bits per heavy atom. The van der Waals surface area contributed by atoms with Crippen molar-refractivity contribution in [2.45, 2.75) is 25.1 Å². The Morgan fingerprint density at radius 2 is 2.09 bits per heavy atom. The van der Waals surface area contributed by atoms with Gasteiger partial charge in [0.2, 0.25) is 5.88 Å². The van der Waals surface area contributed by atoms with Crippen molar-refractivity contribution >= 4 is 11.9 Å². The fourth-order valence-corrected chi connectivity index (χ4v) is 1.79. The highest BCUT2D eigenvalue weighted by atomic mass is 19.4. The highest BCUT2D eigenvalue weighted by molar-refractivity contribution is 5.96. The van der Waals surface area contributed by atoms with Gasteiger partial charge in [-0.15, -0.1) is 0 Å². The second kappa shape index (κ2) is 6.20. The summed E-state index contributed by atoms with van der Waals surface area (Å²) in [6, 6.07) is 1.38. The van der Waals surface area contributed by atoms with Crippen LogP contribution in [-0.2, 0) is 4.79 Å². The average Bonchev–Trinajstić information content (AvgIpc) is 3.26. The van der Waals surface area contributed by atoms with Gasteiger partial charge in [0.05, 0.1) is 5.56 Å². The van der Waals surface area contributed by atoms with Crippen molar-refractivity contribution in [3.63, 3.8) is 0 Å². The number of amides is 1. The zero-order valence-electron chi connectivity index (χ0n) is 11.3. The lowest BCUT2D eigenvalue weighted by Crippen LogP contribution is -2.42. The minimum atomic E-state index is -4.48. The lowest BCUT2D eigenvalue weighted by molar-refractivity contribution is -0.154. The Hall–Kier alpha value is -2.32. The summed E-state index contributed by atoms with van der Waals surface area (Å²) in [6.07, 6.45) is -1.97. The Morgan fingerprint density at radius 3 is 2.55 bits per heavy atom. The van der Waals surface area contributed by atoms with Crippen LogP contribution in [0, 0.1) is 5.92 Å². The lowest BCUT2D eigenvalue weighted by atomic mass is 10.1. The standard InChI is InChI=1S/C13H13F3N2O4/c14-13(15,16)6-22-9-4-3-8(5-17-9)11(19)18-10(12(20)21)7-1-2-7/h3-5,7,10H,1-2,6H2,(H,18,19)(H,20,21). The molecule has 22 heavy (non-hydrogen) atoms. The molecule has 1 aliphatic rings. The number of alkyl halides is 3. The molecule has 9 heteroatoms. The highest BCUT2D eigenvalue weighted by Crippen LogP contribution is 2.32. The summed E-state index contributed by atoms with van der Waals surface area (Å²) < 4.78 is 40.3. The molecule has 0 bridgehead atoms. The van der Waals surface area contributed by atoms with Crippen molar-refractivity contribution in [1.29, 1.82) is 0 Å². The number of hydrogen-bond acceptors (Lipinski definition) is 4. The molecule has 1 aliphatic carbocycles. The van der Waals surface area contributed by atoms with Gasteiger partial charge in [-0.3, -0.25) is 4.79 Å². The maximum Gasteiger partial charge on any atom is 0.422 e. The molecule has 1 amide bonds. The van der Waals surface area contributed by atoms with Crippen LogP contribution in [0.2, 0.25) is 0 Å². The lowest BCUT2D eigenvalue weighted by Gasteiger charge is -2.13. The predicted octanol–water partition coefficient (Wildman–Crippen LogP) is 1.62. The summed E-state index contributed by atoms with van der Waals surface area (Å²) in [5, 5.41) is 11.4. The first kappa shape index (κ1) is 16.1. The van der Waals surface area contributed by atoms with Gasteiger partial charge in [0, 0.05) is 12.3 Å². The minimum absolute atomic E-state index is 0.0475. The molecule has 1 unspecified atom stereocenters. The molecule has 6 nitrogen and oxygen atoms in total. The molecule has 0 radical (unpaired) electrons. The molecule has 1 heterocycles. The van der Waals surface area contributed by atoms with E-state index >= 15 is 0 Å². The number of rotatable bonds is 6. The summed E-state index contributed by atoms with van der Waals surface area (Å²) in [5.74, 6) is -2.11. The van der Waals surface area contributed by atoms with Gasteiger partial charge < -0.3 is 15.2 Å². The third-order valence-corrected chi connectivity index (χ3v) is 3.03. The van der Waals surface area contributed by atoms with Crippen LogP contribution < -0.4 is 10.1 Å². The fourth-order valence-electron chi connectivity index (χ4n) is 1.79. The van der Waals surface area contributed by atoms with Gasteiger partial charge in [-0.05, 0) is 24.8 Å². The third-order valence-electron chi connectivity index (χ3n) is 3.03. The molecular formula is C13H13F3N2O4. The van der Waals surface area contributed by atoms with E-state index in [0.717, 1.165) is 25.1 Å². The van der Waals surface area contributed by atoms with E-state index in [2.05, 4.69) is 15.0 Å². The molecule has 1 saturated carbocycles. The molecular weight excluding hydrogens is 305 g/mol. The summed E-state index contributed by atoms with van der Waals surface area (Å²) in [7, 11) is 0. The van der Waals surface area contributed by atoms with Crippen molar-refractivity contribution in [3.8, 4) is 5.88 Å².